The van der Waals surface area contributed by atoms with Crippen LogP contribution in [0.3, 0.4) is 0 Å². The van der Waals surface area contributed by atoms with Gasteiger partial charge in [0.05, 0.1) is 10.7 Å². The van der Waals surface area contributed by atoms with Gasteiger partial charge in [0, 0.05) is 35.8 Å². The van der Waals surface area contributed by atoms with Crippen molar-refractivity contribution in [2.45, 2.75) is 36.7 Å². The Hall–Kier alpha value is -0.880. The second kappa shape index (κ2) is 8.54. The predicted octanol–water partition coefficient (Wildman–Crippen LogP) is 4.68. The van der Waals surface area contributed by atoms with E-state index in [0.29, 0.717) is 0 Å². The maximum absolute atomic E-state index is 5.24. The summed E-state index contributed by atoms with van der Waals surface area (Å²) in [6.45, 7) is 2.19. The SMILES string of the molecule is CCCc1nc(CSc2ccc(C(OC)OC)cc2)cs1. The molecular weight excluding hydrogens is 302 g/mol. The molecular formula is C16H21NO2S2. The molecule has 0 saturated heterocycles. The first-order chi connectivity index (χ1) is 10.3. The van der Waals surface area contributed by atoms with E-state index >= 15 is 0 Å². The number of ether oxygens (including phenoxy) is 2. The number of aromatic nitrogens is 1. The van der Waals surface area contributed by atoms with Gasteiger partial charge in [0.2, 0.25) is 0 Å². The van der Waals surface area contributed by atoms with Crippen LogP contribution in [0, 0.1) is 0 Å². The van der Waals surface area contributed by atoms with Gasteiger partial charge in [-0.3, -0.25) is 0 Å². The van der Waals surface area contributed by atoms with Gasteiger partial charge in [0.25, 0.3) is 0 Å². The normalized spacial score (nSPS) is 11.2. The lowest BCUT2D eigenvalue weighted by atomic mass is 10.2. The van der Waals surface area contributed by atoms with Crippen LogP contribution in [0.1, 0.15) is 35.9 Å². The Morgan fingerprint density at radius 1 is 1.19 bits per heavy atom. The third kappa shape index (κ3) is 4.81. The fourth-order valence-electron chi connectivity index (χ4n) is 1.99. The summed E-state index contributed by atoms with van der Waals surface area (Å²) >= 11 is 3.57. The Kier molecular flexibility index (Phi) is 6.70. The summed E-state index contributed by atoms with van der Waals surface area (Å²) in [7, 11) is 3.29. The molecule has 2 rings (SSSR count). The zero-order chi connectivity index (χ0) is 15.1. The Morgan fingerprint density at radius 3 is 2.52 bits per heavy atom. The topological polar surface area (TPSA) is 31.4 Å². The van der Waals surface area contributed by atoms with Crippen LogP contribution in [0.25, 0.3) is 0 Å². The van der Waals surface area contributed by atoms with Crippen molar-refractivity contribution in [1.29, 1.82) is 0 Å². The zero-order valence-corrected chi connectivity index (χ0v) is 14.3. The van der Waals surface area contributed by atoms with Crippen LogP contribution in [0.4, 0.5) is 0 Å². The molecule has 0 amide bonds. The average Bonchev–Trinajstić information content (AvgIpc) is 2.96. The molecule has 0 radical (unpaired) electrons. The lowest BCUT2D eigenvalue weighted by molar-refractivity contribution is -0.106. The first kappa shape index (κ1) is 16.5. The van der Waals surface area contributed by atoms with Crippen LogP contribution in [-0.2, 0) is 21.6 Å². The summed E-state index contributed by atoms with van der Waals surface area (Å²) in [5.74, 6) is 0.914. The number of nitrogens with zero attached hydrogens (tertiary/aromatic N) is 1. The van der Waals surface area contributed by atoms with Gasteiger partial charge in [-0.25, -0.2) is 4.98 Å². The quantitative estimate of drug-likeness (QED) is 0.521. The van der Waals surface area contributed by atoms with E-state index < -0.39 is 0 Å². The van der Waals surface area contributed by atoms with Crippen molar-refractivity contribution in [2.24, 2.45) is 0 Å². The van der Waals surface area contributed by atoms with Crippen molar-refractivity contribution in [3.8, 4) is 0 Å². The summed E-state index contributed by atoms with van der Waals surface area (Å²) in [5, 5.41) is 3.41. The van der Waals surface area contributed by atoms with E-state index in [1.807, 2.05) is 12.1 Å². The Balaban J connectivity index is 1.90. The number of thioether (sulfide) groups is 1. The molecule has 1 aromatic heterocycles. The van der Waals surface area contributed by atoms with Crippen LogP contribution >= 0.6 is 23.1 Å². The molecule has 0 aliphatic carbocycles. The molecule has 0 spiro atoms. The van der Waals surface area contributed by atoms with Crippen LogP contribution in [0.15, 0.2) is 34.5 Å². The van der Waals surface area contributed by atoms with Crippen molar-refractivity contribution >= 4 is 23.1 Å². The van der Waals surface area contributed by atoms with Crippen molar-refractivity contribution in [2.75, 3.05) is 14.2 Å². The largest absolute Gasteiger partial charge is 0.352 e. The van der Waals surface area contributed by atoms with Gasteiger partial charge in [-0.2, -0.15) is 0 Å². The molecule has 1 aromatic carbocycles. The summed E-state index contributed by atoms with van der Waals surface area (Å²) in [4.78, 5) is 5.88. The van der Waals surface area contributed by atoms with Gasteiger partial charge in [-0.05, 0) is 25.0 Å². The summed E-state index contributed by atoms with van der Waals surface area (Å²) in [5.41, 5.74) is 2.20. The molecule has 114 valence electrons. The molecule has 0 atom stereocenters. The van der Waals surface area contributed by atoms with E-state index in [1.54, 1.807) is 37.3 Å². The molecule has 2 aromatic rings. The number of aryl methyl sites for hydroxylation is 1. The molecule has 21 heavy (non-hydrogen) atoms. The third-order valence-corrected chi connectivity index (χ3v) is 5.03. The summed E-state index contributed by atoms with van der Waals surface area (Å²) in [6, 6.07) is 8.29. The third-order valence-electron chi connectivity index (χ3n) is 3.03. The van der Waals surface area contributed by atoms with Crippen LogP contribution in [0.5, 0.6) is 0 Å². The minimum absolute atomic E-state index is 0.292. The highest BCUT2D eigenvalue weighted by molar-refractivity contribution is 7.98. The van der Waals surface area contributed by atoms with E-state index in [0.717, 1.165) is 24.2 Å². The van der Waals surface area contributed by atoms with Crippen LogP contribution in [-0.4, -0.2) is 19.2 Å². The van der Waals surface area contributed by atoms with Gasteiger partial charge in [0.15, 0.2) is 6.29 Å². The summed E-state index contributed by atoms with van der Waals surface area (Å²) < 4.78 is 10.5. The van der Waals surface area contributed by atoms with E-state index in [1.165, 1.54) is 15.6 Å². The minimum Gasteiger partial charge on any atom is -0.352 e. The highest BCUT2D eigenvalue weighted by atomic mass is 32.2. The highest BCUT2D eigenvalue weighted by Crippen LogP contribution is 2.26. The monoisotopic (exact) mass is 323 g/mol. The first-order valence-corrected chi connectivity index (χ1v) is 8.85. The minimum atomic E-state index is -0.292. The van der Waals surface area contributed by atoms with Gasteiger partial charge in [-0.15, -0.1) is 23.1 Å². The molecule has 0 unspecified atom stereocenters. The van der Waals surface area contributed by atoms with E-state index in [9.17, 15) is 0 Å². The molecule has 3 nitrogen and oxygen atoms in total. The second-order valence-electron chi connectivity index (χ2n) is 4.64. The molecule has 0 bridgehead atoms. The Morgan fingerprint density at radius 2 is 1.90 bits per heavy atom. The fraction of sp³-hybridized carbons (Fsp3) is 0.438. The van der Waals surface area contributed by atoms with Gasteiger partial charge < -0.3 is 9.47 Å². The smallest absolute Gasteiger partial charge is 0.183 e. The van der Waals surface area contributed by atoms with E-state index in [-0.39, 0.29) is 6.29 Å². The maximum atomic E-state index is 5.24. The molecule has 0 N–H and O–H groups in total. The van der Waals surface area contributed by atoms with Gasteiger partial charge in [-0.1, -0.05) is 19.1 Å². The number of benzene rings is 1. The first-order valence-electron chi connectivity index (χ1n) is 6.98. The molecule has 1 heterocycles. The maximum Gasteiger partial charge on any atom is 0.183 e. The fourth-order valence-corrected chi connectivity index (χ4v) is 3.79. The molecule has 0 saturated carbocycles. The Labute approximate surface area is 134 Å². The van der Waals surface area contributed by atoms with Gasteiger partial charge in [0.1, 0.15) is 0 Å². The summed E-state index contributed by atoms with van der Waals surface area (Å²) in [6.07, 6.45) is 1.94. The second-order valence-corrected chi connectivity index (χ2v) is 6.64. The molecule has 0 fully saturated rings. The van der Waals surface area contributed by atoms with E-state index in [2.05, 4.69) is 29.4 Å². The predicted molar refractivity (Wildman–Crippen MR) is 88.9 cm³/mol. The lowest BCUT2D eigenvalue weighted by Gasteiger charge is -2.13. The Bertz CT molecular complexity index is 535. The molecule has 0 aliphatic rings. The van der Waals surface area contributed by atoms with Crippen molar-refractivity contribution < 1.29 is 9.47 Å². The number of rotatable bonds is 8. The number of hydrogen-bond acceptors (Lipinski definition) is 5. The number of thiazole rings is 1. The lowest BCUT2D eigenvalue weighted by Crippen LogP contribution is -2.02. The number of hydrogen-bond donors (Lipinski definition) is 0. The highest BCUT2D eigenvalue weighted by Gasteiger charge is 2.08. The van der Waals surface area contributed by atoms with Crippen molar-refractivity contribution in [3.05, 3.63) is 45.9 Å². The van der Waals surface area contributed by atoms with Gasteiger partial charge >= 0.3 is 0 Å². The van der Waals surface area contributed by atoms with Crippen LogP contribution < -0.4 is 0 Å². The van der Waals surface area contributed by atoms with Crippen molar-refractivity contribution in [1.82, 2.24) is 4.98 Å². The number of methoxy groups -OCH3 is 2. The molecule has 0 aliphatic heterocycles. The standard InChI is InChI=1S/C16H21NO2S2/c1-4-5-15-17-13(11-21-15)10-20-14-8-6-12(7-9-14)16(18-2)19-3/h6-9,11,16H,4-5,10H2,1-3H3. The zero-order valence-electron chi connectivity index (χ0n) is 12.7. The average molecular weight is 323 g/mol. The van der Waals surface area contributed by atoms with E-state index in [4.69, 9.17) is 9.47 Å². The van der Waals surface area contributed by atoms with Crippen LogP contribution in [0.2, 0.25) is 0 Å². The molecule has 5 heteroatoms. The van der Waals surface area contributed by atoms with Crippen molar-refractivity contribution in [3.63, 3.8) is 0 Å².